The zero-order valence-corrected chi connectivity index (χ0v) is 7.45. The molecular formula is C8H17NO2. The van der Waals surface area contributed by atoms with Crippen LogP contribution in [-0.4, -0.2) is 28.7 Å². The van der Waals surface area contributed by atoms with Crippen molar-refractivity contribution in [1.82, 2.24) is 0 Å². The Labute approximate surface area is 67.9 Å². The van der Waals surface area contributed by atoms with Crippen LogP contribution in [0.1, 0.15) is 27.2 Å². The van der Waals surface area contributed by atoms with Gasteiger partial charge in [0.05, 0.1) is 0 Å². The summed E-state index contributed by atoms with van der Waals surface area (Å²) in [7, 11) is 0. The molecule has 66 valence electrons. The summed E-state index contributed by atoms with van der Waals surface area (Å²) in [5, 5.41) is 19.7. The van der Waals surface area contributed by atoms with Crippen molar-refractivity contribution in [3.05, 3.63) is 5.21 Å². The van der Waals surface area contributed by atoms with E-state index in [0.29, 0.717) is 5.92 Å². The lowest BCUT2D eigenvalue weighted by atomic mass is 10.1. The predicted octanol–water partition coefficient (Wildman–Crippen LogP) is 0.994. The quantitative estimate of drug-likeness (QED) is 0.288. The van der Waals surface area contributed by atoms with Crippen molar-refractivity contribution < 1.29 is 9.85 Å². The molecule has 0 aromatic rings. The molecule has 0 aliphatic carbocycles. The van der Waals surface area contributed by atoms with Crippen LogP contribution in [0.5, 0.6) is 0 Å². The smallest absolute Gasteiger partial charge is 0.178 e. The van der Waals surface area contributed by atoms with Crippen LogP contribution < -0.4 is 0 Å². The van der Waals surface area contributed by atoms with E-state index in [1.807, 2.05) is 13.8 Å². The maximum absolute atomic E-state index is 10.9. The Kier molecular flexibility index (Phi) is 4.86. The van der Waals surface area contributed by atoms with Crippen molar-refractivity contribution in [3.8, 4) is 0 Å². The van der Waals surface area contributed by atoms with Crippen LogP contribution in [0.2, 0.25) is 0 Å². The van der Waals surface area contributed by atoms with E-state index in [1.165, 1.54) is 0 Å². The minimum Gasteiger partial charge on any atom is -0.624 e. The number of hydrogen-bond donors (Lipinski definition) is 1. The monoisotopic (exact) mass is 159 g/mol. The minimum absolute atomic E-state index is 0.173. The Morgan fingerprint density at radius 1 is 1.45 bits per heavy atom. The maximum atomic E-state index is 10.9. The molecule has 0 aliphatic heterocycles. The zero-order chi connectivity index (χ0) is 8.85. The molecule has 0 spiro atoms. The second-order valence-electron chi connectivity index (χ2n) is 3.26. The van der Waals surface area contributed by atoms with Crippen molar-refractivity contribution in [2.45, 2.75) is 33.3 Å². The fourth-order valence-corrected chi connectivity index (χ4v) is 0.663. The molecule has 11 heavy (non-hydrogen) atoms. The number of hydrogen-bond acceptors (Lipinski definition) is 2. The van der Waals surface area contributed by atoms with E-state index in [0.717, 1.165) is 11.2 Å². The van der Waals surface area contributed by atoms with Gasteiger partial charge in [0.25, 0.3) is 0 Å². The Hall–Kier alpha value is -0.570. The molecule has 0 fully saturated rings. The summed E-state index contributed by atoms with van der Waals surface area (Å²) in [6.07, 6.45) is 1.81. The Morgan fingerprint density at radius 3 is 2.36 bits per heavy atom. The van der Waals surface area contributed by atoms with E-state index < -0.39 is 6.10 Å². The lowest BCUT2D eigenvalue weighted by molar-refractivity contribution is -0.464. The Balaban J connectivity index is 3.63. The summed E-state index contributed by atoms with van der Waals surface area (Å²) in [6, 6.07) is 0. The first-order valence-electron chi connectivity index (χ1n) is 3.97. The third kappa shape index (κ3) is 7.33. The van der Waals surface area contributed by atoms with Crippen molar-refractivity contribution in [3.63, 3.8) is 0 Å². The van der Waals surface area contributed by atoms with Crippen molar-refractivity contribution in [1.29, 1.82) is 0 Å². The topological polar surface area (TPSA) is 46.3 Å². The summed E-state index contributed by atoms with van der Waals surface area (Å²) < 4.78 is 0.796. The van der Waals surface area contributed by atoms with E-state index in [2.05, 4.69) is 0 Å². The molecule has 0 heterocycles. The van der Waals surface area contributed by atoms with Gasteiger partial charge in [-0.2, -0.15) is 0 Å². The largest absolute Gasteiger partial charge is 0.624 e. The highest BCUT2D eigenvalue weighted by atomic mass is 16.5. The van der Waals surface area contributed by atoms with Crippen molar-refractivity contribution in [2.24, 2.45) is 5.92 Å². The minimum atomic E-state index is -0.545. The summed E-state index contributed by atoms with van der Waals surface area (Å²) in [5.41, 5.74) is 0. The van der Waals surface area contributed by atoms with Crippen LogP contribution >= 0.6 is 0 Å². The summed E-state index contributed by atoms with van der Waals surface area (Å²) in [6.45, 7) is 5.88. The Bertz CT molecular complexity index is 130. The number of hydroxylamine groups is 1. The molecule has 0 saturated carbocycles. The molecule has 3 nitrogen and oxygen atoms in total. The van der Waals surface area contributed by atoms with Gasteiger partial charge in [0.2, 0.25) is 0 Å². The normalized spacial score (nSPS) is 15.5. The van der Waals surface area contributed by atoms with Gasteiger partial charge in [-0.1, -0.05) is 13.8 Å². The molecule has 0 bridgehead atoms. The van der Waals surface area contributed by atoms with Gasteiger partial charge in [-0.15, -0.1) is 0 Å². The standard InChI is InChI=1S/C8H17NO2/c1-7(2)4-5-9(11)6-8(3)10/h5,7-8,10H,4,6H2,1-3H3/b9-5-. The van der Waals surface area contributed by atoms with Gasteiger partial charge in [-0.05, 0) is 12.8 Å². The fourth-order valence-electron chi connectivity index (χ4n) is 0.663. The lowest BCUT2D eigenvalue weighted by Gasteiger charge is -2.06. The van der Waals surface area contributed by atoms with Crippen LogP contribution in [0.3, 0.4) is 0 Å². The highest BCUT2D eigenvalue weighted by molar-refractivity contribution is 5.51. The molecule has 1 N–H and O–H groups in total. The SMILES string of the molecule is CC(C)C/C=[N+](\[O-])CC(C)O. The van der Waals surface area contributed by atoms with Crippen molar-refractivity contribution in [2.75, 3.05) is 6.54 Å². The van der Waals surface area contributed by atoms with Gasteiger partial charge in [0.15, 0.2) is 12.8 Å². The van der Waals surface area contributed by atoms with E-state index in [4.69, 9.17) is 5.11 Å². The maximum Gasteiger partial charge on any atom is 0.178 e. The third-order valence-electron chi connectivity index (χ3n) is 1.22. The molecule has 0 aromatic carbocycles. The summed E-state index contributed by atoms with van der Waals surface area (Å²) in [4.78, 5) is 0. The zero-order valence-electron chi connectivity index (χ0n) is 7.45. The average molecular weight is 159 g/mol. The fraction of sp³-hybridized carbons (Fsp3) is 0.875. The van der Waals surface area contributed by atoms with Crippen LogP contribution in [0.15, 0.2) is 0 Å². The van der Waals surface area contributed by atoms with E-state index in [9.17, 15) is 5.21 Å². The highest BCUT2D eigenvalue weighted by Gasteiger charge is 2.00. The van der Waals surface area contributed by atoms with Gasteiger partial charge >= 0.3 is 0 Å². The molecule has 0 amide bonds. The number of nitrogens with zero attached hydrogens (tertiary/aromatic N) is 1. The first kappa shape index (κ1) is 10.4. The van der Waals surface area contributed by atoms with Gasteiger partial charge in [-0.3, -0.25) is 0 Å². The van der Waals surface area contributed by atoms with Crippen LogP contribution in [-0.2, 0) is 0 Å². The molecule has 0 rings (SSSR count). The van der Waals surface area contributed by atoms with Gasteiger partial charge in [-0.25, -0.2) is 4.74 Å². The van der Waals surface area contributed by atoms with E-state index in [1.54, 1.807) is 13.1 Å². The van der Waals surface area contributed by atoms with Crippen LogP contribution in [0.4, 0.5) is 0 Å². The van der Waals surface area contributed by atoms with Crippen LogP contribution in [0, 0.1) is 11.1 Å². The molecular weight excluding hydrogens is 142 g/mol. The molecule has 0 aliphatic rings. The van der Waals surface area contributed by atoms with E-state index in [-0.39, 0.29) is 6.54 Å². The molecule has 0 saturated heterocycles. The second-order valence-corrected chi connectivity index (χ2v) is 3.26. The van der Waals surface area contributed by atoms with Gasteiger partial charge in [0, 0.05) is 6.42 Å². The number of aliphatic hydroxyl groups excluding tert-OH is 1. The summed E-state index contributed by atoms with van der Waals surface area (Å²) >= 11 is 0. The van der Waals surface area contributed by atoms with Gasteiger partial charge in [0.1, 0.15) is 6.10 Å². The van der Waals surface area contributed by atoms with E-state index >= 15 is 0 Å². The molecule has 0 aromatic heterocycles. The molecule has 3 heteroatoms. The third-order valence-corrected chi connectivity index (χ3v) is 1.22. The van der Waals surface area contributed by atoms with Crippen molar-refractivity contribution >= 4 is 6.21 Å². The average Bonchev–Trinajstić information content (AvgIpc) is 1.82. The second kappa shape index (κ2) is 5.13. The first-order chi connectivity index (χ1) is 5.02. The molecule has 0 radical (unpaired) electrons. The highest BCUT2D eigenvalue weighted by Crippen LogP contribution is 1.95. The predicted molar refractivity (Wildman–Crippen MR) is 45.7 cm³/mol. The Morgan fingerprint density at radius 2 is 2.00 bits per heavy atom. The van der Waals surface area contributed by atoms with Gasteiger partial charge < -0.3 is 10.3 Å². The number of rotatable bonds is 4. The van der Waals surface area contributed by atoms with Crippen LogP contribution in [0.25, 0.3) is 0 Å². The number of aliphatic hydroxyl groups is 1. The molecule has 1 atom stereocenters. The summed E-state index contributed by atoms with van der Waals surface area (Å²) in [5.74, 6) is 0.500. The lowest BCUT2D eigenvalue weighted by Crippen LogP contribution is -2.18. The molecule has 1 unspecified atom stereocenters. The first-order valence-corrected chi connectivity index (χ1v) is 3.97.